The largest absolute Gasteiger partial charge is 0.491 e. The quantitative estimate of drug-likeness (QED) is 0.169. The molecule has 3 aromatic carbocycles. The van der Waals surface area contributed by atoms with E-state index in [1.54, 1.807) is 0 Å². The van der Waals surface area contributed by atoms with Gasteiger partial charge >= 0.3 is 0 Å². The van der Waals surface area contributed by atoms with Crippen LogP contribution in [0.2, 0.25) is 0 Å². The van der Waals surface area contributed by atoms with Crippen molar-refractivity contribution in [3.8, 4) is 16.9 Å². The third-order valence-corrected chi connectivity index (χ3v) is 9.80. The molecule has 2 fully saturated rings. The van der Waals surface area contributed by atoms with Crippen molar-refractivity contribution in [1.82, 2.24) is 4.90 Å². The molecule has 0 radical (unpaired) electrons. The van der Waals surface area contributed by atoms with Gasteiger partial charge in [0.05, 0.1) is 26.4 Å². The van der Waals surface area contributed by atoms with Gasteiger partial charge in [0.25, 0.3) is 5.91 Å². The summed E-state index contributed by atoms with van der Waals surface area (Å²) in [6, 6.07) is 23.4. The summed E-state index contributed by atoms with van der Waals surface area (Å²) in [7, 11) is 2.18. The molecule has 0 bridgehead atoms. The van der Waals surface area contributed by atoms with Crippen LogP contribution < -0.4 is 15.0 Å². The Morgan fingerprint density at radius 3 is 2.42 bits per heavy atom. The molecule has 3 heterocycles. The zero-order chi connectivity index (χ0) is 34.8. The standard InChI is InChI=1S/C41H53N3O6/c1-4-5-20-46-23-24-48-38-13-8-32(9-14-38)33-10-15-39-35(27-33)28-34(16-19-44(39)30-41(2)49-25-26-50-41)40(45)42-36-11-6-31(7-12-36)29-43(3)37-17-21-47-22-18-37/h6-15,27-28,37H,4-5,16-26,29-30H2,1-3H3,(H,42,45). The van der Waals surface area contributed by atoms with Crippen molar-refractivity contribution in [1.29, 1.82) is 0 Å². The van der Waals surface area contributed by atoms with Crippen LogP contribution >= 0.6 is 0 Å². The Balaban J connectivity index is 1.15. The minimum absolute atomic E-state index is 0.0879. The van der Waals surface area contributed by atoms with Crippen LogP contribution in [0, 0.1) is 0 Å². The van der Waals surface area contributed by atoms with Gasteiger partial charge in [-0.2, -0.15) is 0 Å². The summed E-state index contributed by atoms with van der Waals surface area (Å²) in [5.74, 6) is 0.0343. The molecule has 9 heteroatoms. The predicted octanol–water partition coefficient (Wildman–Crippen LogP) is 7.16. The molecule has 0 unspecified atom stereocenters. The number of hydrogen-bond acceptors (Lipinski definition) is 8. The normalized spacial score (nSPS) is 17.7. The number of nitrogens with one attached hydrogen (secondary N) is 1. The average molecular weight is 684 g/mol. The van der Waals surface area contributed by atoms with Crippen molar-refractivity contribution >= 4 is 23.4 Å². The zero-order valence-electron chi connectivity index (χ0n) is 30.0. The molecular weight excluding hydrogens is 630 g/mol. The van der Waals surface area contributed by atoms with E-state index in [9.17, 15) is 4.79 Å². The summed E-state index contributed by atoms with van der Waals surface area (Å²) in [6.45, 7) is 11.0. The van der Waals surface area contributed by atoms with E-state index in [1.165, 1.54) is 5.56 Å². The number of benzene rings is 3. The molecular formula is C41H53N3O6. The predicted molar refractivity (Wildman–Crippen MR) is 199 cm³/mol. The lowest BCUT2D eigenvalue weighted by atomic mass is 10.00. The minimum atomic E-state index is -0.694. The van der Waals surface area contributed by atoms with Crippen LogP contribution in [0.3, 0.4) is 0 Å². The van der Waals surface area contributed by atoms with Gasteiger partial charge in [-0.25, -0.2) is 0 Å². The molecule has 50 heavy (non-hydrogen) atoms. The van der Waals surface area contributed by atoms with Crippen LogP contribution in [0.1, 0.15) is 57.1 Å². The third-order valence-electron chi connectivity index (χ3n) is 9.80. The first-order valence-electron chi connectivity index (χ1n) is 18.3. The molecule has 268 valence electrons. The van der Waals surface area contributed by atoms with Gasteiger partial charge in [0.15, 0.2) is 5.79 Å². The Morgan fingerprint density at radius 1 is 0.940 bits per heavy atom. The topological polar surface area (TPSA) is 81.7 Å². The first-order chi connectivity index (χ1) is 24.4. The Morgan fingerprint density at radius 2 is 1.68 bits per heavy atom. The lowest BCUT2D eigenvalue weighted by Crippen LogP contribution is -2.42. The lowest BCUT2D eigenvalue weighted by molar-refractivity contribution is -0.133. The second-order valence-electron chi connectivity index (χ2n) is 13.7. The number of carbonyl (C=O) groups is 1. The van der Waals surface area contributed by atoms with E-state index in [1.807, 2.05) is 37.3 Å². The number of amides is 1. The van der Waals surface area contributed by atoms with Crippen LogP contribution in [-0.2, 0) is 30.3 Å². The van der Waals surface area contributed by atoms with Crippen molar-refractivity contribution in [3.05, 3.63) is 83.4 Å². The molecule has 1 amide bonds. The zero-order valence-corrected chi connectivity index (χ0v) is 30.0. The molecule has 0 aromatic heterocycles. The molecule has 3 aliphatic rings. The third kappa shape index (κ3) is 9.74. The van der Waals surface area contributed by atoms with E-state index < -0.39 is 5.79 Å². The molecule has 9 nitrogen and oxygen atoms in total. The Labute approximate surface area is 297 Å². The second-order valence-corrected chi connectivity index (χ2v) is 13.7. The van der Waals surface area contributed by atoms with Gasteiger partial charge in [0, 0.05) is 55.9 Å². The Bertz CT molecular complexity index is 1560. The molecule has 3 aromatic rings. The molecule has 0 aliphatic carbocycles. The van der Waals surface area contributed by atoms with E-state index in [-0.39, 0.29) is 5.91 Å². The van der Waals surface area contributed by atoms with Gasteiger partial charge in [-0.3, -0.25) is 9.69 Å². The summed E-state index contributed by atoms with van der Waals surface area (Å²) >= 11 is 0. The van der Waals surface area contributed by atoms with Gasteiger partial charge in [0.2, 0.25) is 0 Å². The summed E-state index contributed by atoms with van der Waals surface area (Å²) < 4.78 is 29.0. The van der Waals surface area contributed by atoms with Gasteiger partial charge in [-0.15, -0.1) is 0 Å². The SMILES string of the molecule is CCCCOCCOc1ccc(-c2ccc3c(c2)C=C(C(=O)Nc2ccc(CN(C)C4CCOCC4)cc2)CCN3CC2(C)OCCO2)cc1. The van der Waals surface area contributed by atoms with Crippen molar-refractivity contribution in [3.63, 3.8) is 0 Å². The molecule has 1 N–H and O–H groups in total. The summed E-state index contributed by atoms with van der Waals surface area (Å²) in [4.78, 5) is 18.5. The van der Waals surface area contributed by atoms with Gasteiger partial charge < -0.3 is 33.9 Å². The highest BCUT2D eigenvalue weighted by Crippen LogP contribution is 2.35. The monoisotopic (exact) mass is 683 g/mol. The molecule has 0 spiro atoms. The number of rotatable bonds is 15. The highest BCUT2D eigenvalue weighted by atomic mass is 16.7. The number of ether oxygens (including phenoxy) is 5. The van der Waals surface area contributed by atoms with Crippen LogP contribution in [0.4, 0.5) is 11.4 Å². The van der Waals surface area contributed by atoms with Crippen molar-refractivity contribution < 1.29 is 28.5 Å². The number of unbranched alkanes of at least 4 members (excludes halogenated alkanes) is 1. The maximum Gasteiger partial charge on any atom is 0.251 e. The highest BCUT2D eigenvalue weighted by Gasteiger charge is 2.34. The van der Waals surface area contributed by atoms with E-state index in [0.717, 1.165) is 91.4 Å². The van der Waals surface area contributed by atoms with Crippen LogP contribution in [-0.4, -0.2) is 89.0 Å². The van der Waals surface area contributed by atoms with Crippen LogP contribution in [0.15, 0.2) is 72.3 Å². The summed E-state index contributed by atoms with van der Waals surface area (Å²) in [5, 5.41) is 3.16. The molecule has 0 saturated carbocycles. The van der Waals surface area contributed by atoms with E-state index in [0.29, 0.717) is 52.0 Å². The number of anilines is 2. The van der Waals surface area contributed by atoms with Gasteiger partial charge in [-0.05, 0) is 104 Å². The van der Waals surface area contributed by atoms with Crippen molar-refractivity contribution in [2.45, 2.75) is 64.3 Å². The fourth-order valence-corrected chi connectivity index (χ4v) is 6.87. The summed E-state index contributed by atoms with van der Waals surface area (Å²) in [6.07, 6.45) is 6.96. The minimum Gasteiger partial charge on any atom is -0.491 e. The Kier molecular flexibility index (Phi) is 12.6. The van der Waals surface area contributed by atoms with E-state index in [2.05, 4.69) is 71.6 Å². The van der Waals surface area contributed by atoms with Crippen molar-refractivity contribution in [2.24, 2.45) is 0 Å². The average Bonchev–Trinajstić information content (AvgIpc) is 3.49. The van der Waals surface area contributed by atoms with Gasteiger partial charge in [0.1, 0.15) is 12.4 Å². The number of carbonyl (C=O) groups excluding carboxylic acids is 1. The van der Waals surface area contributed by atoms with Crippen LogP contribution in [0.5, 0.6) is 5.75 Å². The first kappa shape index (κ1) is 36.1. The van der Waals surface area contributed by atoms with Crippen LogP contribution in [0.25, 0.3) is 17.2 Å². The smallest absolute Gasteiger partial charge is 0.251 e. The maximum atomic E-state index is 13.8. The van der Waals surface area contributed by atoms with E-state index in [4.69, 9.17) is 23.7 Å². The fourth-order valence-electron chi connectivity index (χ4n) is 6.87. The molecule has 2 saturated heterocycles. The number of fused-ring (bicyclic) bond motifs is 1. The van der Waals surface area contributed by atoms with Gasteiger partial charge in [-0.1, -0.05) is 43.7 Å². The molecule has 6 rings (SSSR count). The number of hydrogen-bond donors (Lipinski definition) is 1. The fraction of sp³-hybridized carbons (Fsp3) is 0.488. The second kappa shape index (κ2) is 17.5. The highest BCUT2D eigenvalue weighted by molar-refractivity contribution is 6.07. The lowest BCUT2D eigenvalue weighted by Gasteiger charge is -2.33. The molecule has 0 atom stereocenters. The first-order valence-corrected chi connectivity index (χ1v) is 18.3. The maximum absolute atomic E-state index is 13.8. The number of nitrogens with zero attached hydrogens (tertiary/aromatic N) is 2. The summed E-state index contributed by atoms with van der Waals surface area (Å²) in [5.41, 5.74) is 6.93. The van der Waals surface area contributed by atoms with Crippen molar-refractivity contribution in [2.75, 3.05) is 76.6 Å². The Hall–Kier alpha value is -3.73. The van der Waals surface area contributed by atoms with E-state index >= 15 is 0 Å². The molecule has 3 aliphatic heterocycles.